The van der Waals surface area contributed by atoms with Crippen molar-refractivity contribution in [2.75, 3.05) is 18.9 Å². The van der Waals surface area contributed by atoms with E-state index in [1.807, 2.05) is 0 Å². The molecule has 0 aromatic carbocycles. The lowest BCUT2D eigenvalue weighted by molar-refractivity contribution is -0.138. The number of carbonyl (C=O) groups excluding carboxylic acids is 2. The van der Waals surface area contributed by atoms with Crippen LogP contribution < -0.4 is 11.1 Å². The SMILES string of the molecule is CCOC(=O)c1nn(CC(=O)NCC(F)(F)F)cc1N. The number of aromatic nitrogens is 2. The molecule has 0 spiro atoms. The summed E-state index contributed by atoms with van der Waals surface area (Å²) in [7, 11) is 0. The predicted molar refractivity (Wildman–Crippen MR) is 61.7 cm³/mol. The lowest BCUT2D eigenvalue weighted by atomic mass is 10.4. The summed E-state index contributed by atoms with van der Waals surface area (Å²) in [6.45, 7) is -0.208. The number of nitrogens with two attached hydrogens (primary N) is 1. The van der Waals surface area contributed by atoms with Crippen LogP contribution in [0.1, 0.15) is 17.4 Å². The fraction of sp³-hybridized carbons (Fsp3) is 0.500. The van der Waals surface area contributed by atoms with E-state index in [2.05, 4.69) is 9.84 Å². The quantitative estimate of drug-likeness (QED) is 0.762. The average Bonchev–Trinajstić information content (AvgIpc) is 2.67. The van der Waals surface area contributed by atoms with Crippen LogP contribution in [0.25, 0.3) is 0 Å². The lowest BCUT2D eigenvalue weighted by Crippen LogP contribution is -2.35. The first-order chi connectivity index (χ1) is 9.23. The van der Waals surface area contributed by atoms with E-state index < -0.39 is 31.1 Å². The van der Waals surface area contributed by atoms with Crippen molar-refractivity contribution in [3.8, 4) is 0 Å². The number of nitrogens with one attached hydrogen (secondary N) is 1. The number of nitrogens with zero attached hydrogens (tertiary/aromatic N) is 2. The van der Waals surface area contributed by atoms with Crippen LogP contribution in [0.5, 0.6) is 0 Å². The third kappa shape index (κ3) is 4.78. The monoisotopic (exact) mass is 294 g/mol. The second-order valence-corrected chi connectivity index (χ2v) is 3.74. The number of esters is 1. The van der Waals surface area contributed by atoms with E-state index in [-0.39, 0.29) is 18.0 Å². The van der Waals surface area contributed by atoms with Gasteiger partial charge in [0.2, 0.25) is 5.91 Å². The van der Waals surface area contributed by atoms with Crippen molar-refractivity contribution in [3.63, 3.8) is 0 Å². The Kier molecular flexibility index (Phi) is 4.94. The minimum Gasteiger partial charge on any atom is -0.461 e. The number of halogens is 3. The highest BCUT2D eigenvalue weighted by Gasteiger charge is 2.27. The fourth-order valence-corrected chi connectivity index (χ4v) is 1.28. The second kappa shape index (κ2) is 6.26. The first-order valence-corrected chi connectivity index (χ1v) is 5.56. The summed E-state index contributed by atoms with van der Waals surface area (Å²) in [5, 5.41) is 5.36. The van der Waals surface area contributed by atoms with E-state index in [9.17, 15) is 22.8 Å². The summed E-state index contributed by atoms with van der Waals surface area (Å²) in [6.07, 6.45) is -3.33. The molecular formula is C10H13F3N4O3. The number of hydrogen-bond donors (Lipinski definition) is 2. The first-order valence-electron chi connectivity index (χ1n) is 5.56. The Morgan fingerprint density at radius 1 is 1.50 bits per heavy atom. The number of ether oxygens (including phenoxy) is 1. The zero-order valence-electron chi connectivity index (χ0n) is 10.5. The molecule has 0 aliphatic heterocycles. The number of anilines is 1. The zero-order valence-corrected chi connectivity index (χ0v) is 10.5. The van der Waals surface area contributed by atoms with Gasteiger partial charge in [-0.1, -0.05) is 0 Å². The van der Waals surface area contributed by atoms with E-state index in [4.69, 9.17) is 5.73 Å². The third-order valence-electron chi connectivity index (χ3n) is 2.05. The van der Waals surface area contributed by atoms with Crippen LogP contribution in [0.2, 0.25) is 0 Å². The maximum absolute atomic E-state index is 11.9. The normalized spacial score (nSPS) is 11.2. The molecule has 112 valence electrons. The predicted octanol–water partition coefficient (Wildman–Crippen LogP) is 0.320. The minimum atomic E-state index is -4.49. The second-order valence-electron chi connectivity index (χ2n) is 3.74. The van der Waals surface area contributed by atoms with Crippen LogP contribution >= 0.6 is 0 Å². The van der Waals surface area contributed by atoms with Crippen LogP contribution in [-0.2, 0) is 16.1 Å². The molecule has 0 aliphatic carbocycles. The lowest BCUT2D eigenvalue weighted by Gasteiger charge is -2.08. The van der Waals surface area contributed by atoms with Gasteiger partial charge in [-0.15, -0.1) is 0 Å². The molecule has 1 heterocycles. The summed E-state index contributed by atoms with van der Waals surface area (Å²) < 4.78 is 41.3. The summed E-state index contributed by atoms with van der Waals surface area (Å²) in [4.78, 5) is 22.6. The molecular weight excluding hydrogens is 281 g/mol. The summed E-state index contributed by atoms with van der Waals surface area (Å²) in [6, 6.07) is 0. The van der Waals surface area contributed by atoms with Gasteiger partial charge in [-0.2, -0.15) is 18.3 Å². The van der Waals surface area contributed by atoms with Crippen molar-refractivity contribution in [3.05, 3.63) is 11.9 Å². The van der Waals surface area contributed by atoms with E-state index in [0.717, 1.165) is 4.68 Å². The van der Waals surface area contributed by atoms with Gasteiger partial charge in [-0.25, -0.2) is 4.79 Å². The van der Waals surface area contributed by atoms with Gasteiger partial charge in [0.15, 0.2) is 5.69 Å². The molecule has 0 saturated heterocycles. The van der Waals surface area contributed by atoms with Crippen LogP contribution in [-0.4, -0.2) is 41.0 Å². The highest BCUT2D eigenvalue weighted by Crippen LogP contribution is 2.13. The number of nitrogen functional groups attached to an aromatic ring is 1. The van der Waals surface area contributed by atoms with Crippen LogP contribution in [0, 0.1) is 0 Å². The third-order valence-corrected chi connectivity index (χ3v) is 2.05. The summed E-state index contributed by atoms with van der Waals surface area (Å²) in [5.74, 6) is -1.67. The van der Waals surface area contributed by atoms with Gasteiger partial charge >= 0.3 is 12.1 Å². The van der Waals surface area contributed by atoms with Gasteiger partial charge in [0.05, 0.1) is 12.3 Å². The number of rotatable bonds is 5. The Bertz CT molecular complexity index is 498. The van der Waals surface area contributed by atoms with Gasteiger partial charge in [0.1, 0.15) is 13.1 Å². The van der Waals surface area contributed by atoms with Gasteiger partial charge in [0, 0.05) is 6.20 Å². The number of amides is 1. The van der Waals surface area contributed by atoms with Crippen LogP contribution in [0.4, 0.5) is 18.9 Å². The molecule has 0 fully saturated rings. The van der Waals surface area contributed by atoms with Gasteiger partial charge in [-0.05, 0) is 6.92 Å². The maximum Gasteiger partial charge on any atom is 0.405 e. The van der Waals surface area contributed by atoms with Crippen molar-refractivity contribution in [2.24, 2.45) is 0 Å². The smallest absolute Gasteiger partial charge is 0.405 e. The molecule has 3 N–H and O–H groups in total. The maximum atomic E-state index is 11.9. The molecule has 0 aliphatic rings. The topological polar surface area (TPSA) is 99.2 Å². The van der Waals surface area contributed by atoms with E-state index in [1.165, 1.54) is 6.20 Å². The molecule has 0 bridgehead atoms. The number of alkyl halides is 3. The molecule has 0 unspecified atom stereocenters. The summed E-state index contributed by atoms with van der Waals surface area (Å²) >= 11 is 0. The Hall–Kier alpha value is -2.26. The van der Waals surface area contributed by atoms with Crippen molar-refractivity contribution in [2.45, 2.75) is 19.6 Å². The van der Waals surface area contributed by atoms with Crippen molar-refractivity contribution in [1.29, 1.82) is 0 Å². The number of carbonyl (C=O) groups is 2. The standard InChI is InChI=1S/C10H13F3N4O3/c1-2-20-9(19)8-6(14)3-17(16-8)4-7(18)15-5-10(11,12)13/h3H,2,4-5,14H2,1H3,(H,15,18). The molecule has 1 rings (SSSR count). The molecule has 1 amide bonds. The van der Waals surface area contributed by atoms with Gasteiger partial charge in [0.25, 0.3) is 0 Å². The molecule has 20 heavy (non-hydrogen) atoms. The molecule has 10 heteroatoms. The molecule has 7 nitrogen and oxygen atoms in total. The van der Waals surface area contributed by atoms with Crippen molar-refractivity contribution in [1.82, 2.24) is 15.1 Å². The zero-order chi connectivity index (χ0) is 15.3. The Morgan fingerprint density at radius 3 is 2.70 bits per heavy atom. The molecule has 0 radical (unpaired) electrons. The van der Waals surface area contributed by atoms with Crippen LogP contribution in [0.3, 0.4) is 0 Å². The highest BCUT2D eigenvalue weighted by molar-refractivity contribution is 5.92. The van der Waals surface area contributed by atoms with E-state index >= 15 is 0 Å². The average molecular weight is 294 g/mol. The summed E-state index contributed by atoms with van der Waals surface area (Å²) in [5.41, 5.74) is 5.29. The van der Waals surface area contributed by atoms with E-state index in [0.29, 0.717) is 0 Å². The minimum absolute atomic E-state index is 0.0212. The van der Waals surface area contributed by atoms with Gasteiger partial charge < -0.3 is 15.8 Å². The number of hydrogen-bond acceptors (Lipinski definition) is 5. The molecule has 0 saturated carbocycles. The Morgan fingerprint density at radius 2 is 2.15 bits per heavy atom. The molecule has 1 aromatic rings. The van der Waals surface area contributed by atoms with Crippen molar-refractivity contribution >= 4 is 17.6 Å². The van der Waals surface area contributed by atoms with Crippen molar-refractivity contribution < 1.29 is 27.5 Å². The van der Waals surface area contributed by atoms with Gasteiger partial charge in [-0.3, -0.25) is 9.48 Å². The van der Waals surface area contributed by atoms with Crippen LogP contribution in [0.15, 0.2) is 6.20 Å². The molecule has 0 atom stereocenters. The highest BCUT2D eigenvalue weighted by atomic mass is 19.4. The van der Waals surface area contributed by atoms with E-state index in [1.54, 1.807) is 12.2 Å². The largest absolute Gasteiger partial charge is 0.461 e. The first kappa shape index (κ1) is 15.8. The fourth-order valence-electron chi connectivity index (χ4n) is 1.28. The Labute approximate surface area is 111 Å². The molecule has 1 aromatic heterocycles. The Balaban J connectivity index is 2.63.